The molecule has 1 aromatic rings. The van der Waals surface area contributed by atoms with E-state index in [4.69, 9.17) is 21.1 Å². The van der Waals surface area contributed by atoms with Gasteiger partial charge in [-0.15, -0.1) is 6.42 Å². The van der Waals surface area contributed by atoms with Gasteiger partial charge in [-0.05, 0) is 28.1 Å². The molecule has 0 unspecified atom stereocenters. The second-order valence-electron chi connectivity index (χ2n) is 2.77. The van der Waals surface area contributed by atoms with E-state index < -0.39 is 0 Å². The van der Waals surface area contributed by atoms with Crippen LogP contribution in [0, 0.1) is 12.3 Å². The molecule has 16 heavy (non-hydrogen) atoms. The summed E-state index contributed by atoms with van der Waals surface area (Å²) in [5.74, 6) is 3.41. The van der Waals surface area contributed by atoms with Crippen LogP contribution in [0.2, 0.25) is 0 Å². The van der Waals surface area contributed by atoms with E-state index in [1.165, 1.54) is 13.3 Å². The van der Waals surface area contributed by atoms with Crippen molar-refractivity contribution >= 4 is 22.1 Å². The van der Waals surface area contributed by atoms with Gasteiger partial charge < -0.3 is 14.7 Å². The topological polar surface area (TPSA) is 51.0 Å². The van der Waals surface area contributed by atoms with E-state index in [0.717, 1.165) is 0 Å². The molecular formula is C11H10BrNO3. The summed E-state index contributed by atoms with van der Waals surface area (Å²) in [6, 6.07) is 3.41. The molecule has 1 N–H and O–H groups in total. The van der Waals surface area contributed by atoms with Crippen LogP contribution < -0.4 is 9.47 Å². The van der Waals surface area contributed by atoms with Crippen LogP contribution in [-0.2, 0) is 0 Å². The molecule has 0 aliphatic carbocycles. The van der Waals surface area contributed by atoms with Crippen molar-refractivity contribution in [1.82, 2.24) is 0 Å². The first kappa shape index (κ1) is 12.4. The van der Waals surface area contributed by atoms with E-state index in [0.29, 0.717) is 21.5 Å². The predicted molar refractivity (Wildman–Crippen MR) is 64.4 cm³/mol. The number of rotatable bonds is 4. The van der Waals surface area contributed by atoms with Crippen molar-refractivity contribution in [2.24, 2.45) is 5.16 Å². The monoisotopic (exact) mass is 283 g/mol. The minimum atomic E-state index is 0.155. The zero-order valence-electron chi connectivity index (χ0n) is 8.61. The molecule has 0 radical (unpaired) electrons. The molecule has 4 nitrogen and oxygen atoms in total. The molecule has 0 aromatic heterocycles. The summed E-state index contributed by atoms with van der Waals surface area (Å²) in [6.45, 7) is 0.155. The number of methoxy groups -OCH3 is 1. The third-order valence-electron chi connectivity index (χ3n) is 1.76. The van der Waals surface area contributed by atoms with Crippen molar-refractivity contribution in [3.63, 3.8) is 0 Å². The van der Waals surface area contributed by atoms with Crippen LogP contribution in [-0.4, -0.2) is 25.1 Å². The summed E-state index contributed by atoms with van der Waals surface area (Å²) >= 11 is 3.32. The van der Waals surface area contributed by atoms with Crippen molar-refractivity contribution in [2.75, 3.05) is 13.7 Å². The lowest BCUT2D eigenvalue weighted by Gasteiger charge is -2.11. The second kappa shape index (κ2) is 6.03. The number of nitrogens with zero attached hydrogens (tertiary/aromatic N) is 1. The lowest BCUT2D eigenvalue weighted by molar-refractivity contribution is 0.321. The number of ether oxygens (including phenoxy) is 2. The molecule has 0 atom stereocenters. The van der Waals surface area contributed by atoms with Crippen LogP contribution in [0.15, 0.2) is 21.8 Å². The van der Waals surface area contributed by atoms with Gasteiger partial charge >= 0.3 is 0 Å². The van der Waals surface area contributed by atoms with Crippen molar-refractivity contribution in [1.29, 1.82) is 0 Å². The zero-order valence-corrected chi connectivity index (χ0v) is 10.2. The third-order valence-corrected chi connectivity index (χ3v) is 2.35. The molecule has 0 spiro atoms. The molecule has 0 heterocycles. The highest BCUT2D eigenvalue weighted by Crippen LogP contribution is 2.36. The van der Waals surface area contributed by atoms with Crippen LogP contribution in [0.4, 0.5) is 0 Å². The first-order valence-corrected chi connectivity index (χ1v) is 5.13. The van der Waals surface area contributed by atoms with E-state index in [1.54, 1.807) is 12.1 Å². The van der Waals surface area contributed by atoms with Gasteiger partial charge in [-0.1, -0.05) is 11.1 Å². The Balaban J connectivity index is 3.13. The summed E-state index contributed by atoms with van der Waals surface area (Å²) in [7, 11) is 1.52. The van der Waals surface area contributed by atoms with E-state index in [2.05, 4.69) is 27.0 Å². The van der Waals surface area contributed by atoms with Gasteiger partial charge in [0.15, 0.2) is 11.5 Å². The predicted octanol–water partition coefficient (Wildman–Crippen LogP) is 2.28. The highest BCUT2D eigenvalue weighted by molar-refractivity contribution is 9.10. The van der Waals surface area contributed by atoms with Crippen molar-refractivity contribution in [3.05, 3.63) is 22.2 Å². The average Bonchev–Trinajstić information content (AvgIpc) is 2.27. The highest BCUT2D eigenvalue weighted by Gasteiger charge is 2.10. The second-order valence-corrected chi connectivity index (χ2v) is 3.63. The van der Waals surface area contributed by atoms with Crippen molar-refractivity contribution < 1.29 is 14.7 Å². The van der Waals surface area contributed by atoms with E-state index >= 15 is 0 Å². The fourth-order valence-electron chi connectivity index (χ4n) is 1.13. The maximum absolute atomic E-state index is 8.44. The summed E-state index contributed by atoms with van der Waals surface area (Å²) < 4.78 is 11.1. The fourth-order valence-corrected chi connectivity index (χ4v) is 1.71. The summed E-state index contributed by atoms with van der Waals surface area (Å²) in [6.07, 6.45) is 6.40. The maximum atomic E-state index is 8.44. The van der Waals surface area contributed by atoms with Gasteiger partial charge in [0.2, 0.25) is 0 Å². The van der Waals surface area contributed by atoms with Crippen LogP contribution in [0.5, 0.6) is 11.5 Å². The number of oxime groups is 1. The van der Waals surface area contributed by atoms with Crippen LogP contribution in [0.3, 0.4) is 0 Å². The first-order chi connectivity index (χ1) is 7.72. The van der Waals surface area contributed by atoms with E-state index in [9.17, 15) is 0 Å². The molecule has 0 aliphatic heterocycles. The minimum absolute atomic E-state index is 0.155. The third kappa shape index (κ3) is 2.91. The number of halogens is 1. The number of terminal acetylenes is 1. The van der Waals surface area contributed by atoms with Crippen LogP contribution in [0.25, 0.3) is 0 Å². The molecule has 0 amide bonds. The number of hydrogen-bond donors (Lipinski definition) is 1. The smallest absolute Gasteiger partial charge is 0.176 e. The molecule has 0 saturated heterocycles. The molecule has 0 saturated carbocycles. The van der Waals surface area contributed by atoms with Crippen molar-refractivity contribution in [2.45, 2.75) is 0 Å². The Morgan fingerprint density at radius 2 is 2.38 bits per heavy atom. The fraction of sp³-hybridized carbons (Fsp3) is 0.182. The van der Waals surface area contributed by atoms with Gasteiger partial charge in [0.1, 0.15) is 6.61 Å². The Morgan fingerprint density at radius 3 is 2.94 bits per heavy atom. The quantitative estimate of drug-likeness (QED) is 0.399. The maximum Gasteiger partial charge on any atom is 0.176 e. The van der Waals surface area contributed by atoms with Gasteiger partial charge in [-0.2, -0.15) is 0 Å². The molecule has 5 heteroatoms. The van der Waals surface area contributed by atoms with Crippen LogP contribution >= 0.6 is 15.9 Å². The molecule has 0 fully saturated rings. The Kier molecular flexibility index (Phi) is 4.67. The molecular weight excluding hydrogens is 274 g/mol. The van der Waals surface area contributed by atoms with Gasteiger partial charge in [0, 0.05) is 5.56 Å². The van der Waals surface area contributed by atoms with Gasteiger partial charge in [-0.3, -0.25) is 0 Å². The SMILES string of the molecule is C#CCOc1c(Br)cc(/C=N/O)cc1OC. The molecule has 84 valence electrons. The minimum Gasteiger partial charge on any atom is -0.493 e. The van der Waals surface area contributed by atoms with Crippen molar-refractivity contribution in [3.8, 4) is 23.8 Å². The highest BCUT2D eigenvalue weighted by atomic mass is 79.9. The Hall–Kier alpha value is -1.67. The first-order valence-electron chi connectivity index (χ1n) is 4.34. The molecule has 1 aromatic carbocycles. The van der Waals surface area contributed by atoms with E-state index in [1.807, 2.05) is 0 Å². The summed E-state index contributed by atoms with van der Waals surface area (Å²) in [5.41, 5.74) is 0.680. The Labute approximate surface area is 102 Å². The molecule has 0 aliphatic rings. The standard InChI is InChI=1S/C11H10BrNO3/c1-3-4-16-11-9(12)5-8(7-13-14)6-10(11)15-2/h1,5-7,14H,4H2,2H3/b13-7+. The summed E-state index contributed by atoms with van der Waals surface area (Å²) in [5, 5.41) is 11.4. The Bertz CT molecular complexity index is 438. The zero-order chi connectivity index (χ0) is 12.0. The number of benzene rings is 1. The molecule has 1 rings (SSSR count). The normalized spacial score (nSPS) is 10.1. The number of hydrogen-bond acceptors (Lipinski definition) is 4. The largest absolute Gasteiger partial charge is 0.493 e. The molecule has 0 bridgehead atoms. The Morgan fingerprint density at radius 1 is 1.62 bits per heavy atom. The van der Waals surface area contributed by atoms with Gasteiger partial charge in [0.05, 0.1) is 17.8 Å². The summed E-state index contributed by atoms with van der Waals surface area (Å²) in [4.78, 5) is 0. The lowest BCUT2D eigenvalue weighted by atomic mass is 10.2. The van der Waals surface area contributed by atoms with E-state index in [-0.39, 0.29) is 6.61 Å². The van der Waals surface area contributed by atoms with Gasteiger partial charge in [-0.25, -0.2) is 0 Å². The van der Waals surface area contributed by atoms with Gasteiger partial charge in [0.25, 0.3) is 0 Å². The average molecular weight is 284 g/mol. The van der Waals surface area contributed by atoms with Crippen LogP contribution in [0.1, 0.15) is 5.56 Å². The lowest BCUT2D eigenvalue weighted by Crippen LogP contribution is -1.98.